The maximum Gasteiger partial charge on any atom is 0.195 e. The SMILES string of the molecule is Cc1n[nH]c(C)c1CCn1ccnc1-c1cnc(-c2ccco2)nc1. The molecule has 0 bridgehead atoms. The number of rotatable bonds is 5. The Labute approximate surface area is 144 Å². The number of aromatic amines is 1. The van der Waals surface area contributed by atoms with Crippen molar-refractivity contribution in [3.05, 3.63) is 60.1 Å². The first kappa shape index (κ1) is 15.3. The second-order valence-electron chi connectivity index (χ2n) is 5.88. The summed E-state index contributed by atoms with van der Waals surface area (Å²) < 4.78 is 7.43. The fraction of sp³-hybridized carbons (Fsp3) is 0.222. The van der Waals surface area contributed by atoms with E-state index >= 15 is 0 Å². The molecule has 7 heteroatoms. The number of furan rings is 1. The van der Waals surface area contributed by atoms with Gasteiger partial charge in [-0.2, -0.15) is 5.10 Å². The second-order valence-corrected chi connectivity index (χ2v) is 5.88. The van der Waals surface area contributed by atoms with E-state index in [-0.39, 0.29) is 0 Å². The van der Waals surface area contributed by atoms with Gasteiger partial charge in [-0.15, -0.1) is 0 Å². The molecule has 0 radical (unpaired) electrons. The van der Waals surface area contributed by atoms with Crippen molar-refractivity contribution in [3.8, 4) is 23.0 Å². The Morgan fingerprint density at radius 3 is 2.68 bits per heavy atom. The van der Waals surface area contributed by atoms with Crippen molar-refractivity contribution in [1.29, 1.82) is 0 Å². The first-order valence-electron chi connectivity index (χ1n) is 8.10. The average Bonchev–Trinajstić information content (AvgIpc) is 3.36. The number of aromatic nitrogens is 6. The Morgan fingerprint density at radius 1 is 1.16 bits per heavy atom. The van der Waals surface area contributed by atoms with E-state index in [4.69, 9.17) is 4.42 Å². The van der Waals surface area contributed by atoms with Crippen LogP contribution in [-0.2, 0) is 13.0 Å². The third-order valence-corrected chi connectivity index (χ3v) is 4.25. The highest BCUT2D eigenvalue weighted by Gasteiger charge is 2.11. The van der Waals surface area contributed by atoms with Crippen molar-refractivity contribution in [2.45, 2.75) is 26.8 Å². The molecule has 4 heterocycles. The van der Waals surface area contributed by atoms with E-state index in [2.05, 4.69) is 29.7 Å². The average molecular weight is 334 g/mol. The molecule has 0 amide bonds. The molecule has 4 rings (SSSR count). The lowest BCUT2D eigenvalue weighted by atomic mass is 10.1. The Balaban J connectivity index is 1.55. The normalized spacial score (nSPS) is 11.1. The smallest absolute Gasteiger partial charge is 0.195 e. The summed E-state index contributed by atoms with van der Waals surface area (Å²) in [5, 5.41) is 7.28. The van der Waals surface area contributed by atoms with Crippen molar-refractivity contribution >= 4 is 0 Å². The summed E-state index contributed by atoms with van der Waals surface area (Å²) in [4.78, 5) is 13.2. The van der Waals surface area contributed by atoms with E-state index in [1.54, 1.807) is 24.9 Å². The minimum Gasteiger partial charge on any atom is -0.461 e. The number of hydrogen-bond acceptors (Lipinski definition) is 5. The lowest BCUT2D eigenvalue weighted by Gasteiger charge is -2.08. The number of H-pyrrole nitrogens is 1. The molecule has 126 valence electrons. The van der Waals surface area contributed by atoms with Crippen molar-refractivity contribution < 1.29 is 4.42 Å². The summed E-state index contributed by atoms with van der Waals surface area (Å²) in [6.45, 7) is 4.89. The van der Waals surface area contributed by atoms with Crippen molar-refractivity contribution in [1.82, 2.24) is 29.7 Å². The van der Waals surface area contributed by atoms with E-state index in [0.717, 1.165) is 35.7 Å². The molecule has 0 aromatic carbocycles. The molecule has 1 N–H and O–H groups in total. The van der Waals surface area contributed by atoms with Crippen LogP contribution in [0.25, 0.3) is 23.0 Å². The molecule has 7 nitrogen and oxygen atoms in total. The predicted molar refractivity (Wildman–Crippen MR) is 92.7 cm³/mol. The third kappa shape index (κ3) is 2.96. The maximum absolute atomic E-state index is 5.32. The van der Waals surface area contributed by atoms with Gasteiger partial charge in [0.15, 0.2) is 11.6 Å². The zero-order valence-electron chi connectivity index (χ0n) is 14.1. The Hall–Kier alpha value is -3.22. The van der Waals surface area contributed by atoms with Crippen LogP contribution in [0.4, 0.5) is 0 Å². The first-order valence-corrected chi connectivity index (χ1v) is 8.10. The molecule has 0 saturated heterocycles. The van der Waals surface area contributed by atoms with Crippen molar-refractivity contribution in [2.24, 2.45) is 0 Å². The highest BCUT2D eigenvalue weighted by molar-refractivity contribution is 5.55. The topological polar surface area (TPSA) is 85.4 Å². The van der Waals surface area contributed by atoms with Crippen LogP contribution in [0.1, 0.15) is 17.0 Å². The summed E-state index contributed by atoms with van der Waals surface area (Å²) in [5.74, 6) is 2.07. The molecule has 0 atom stereocenters. The van der Waals surface area contributed by atoms with E-state index in [1.807, 2.05) is 32.2 Å². The monoisotopic (exact) mass is 334 g/mol. The largest absolute Gasteiger partial charge is 0.461 e. The van der Waals surface area contributed by atoms with E-state index in [9.17, 15) is 0 Å². The highest BCUT2D eigenvalue weighted by atomic mass is 16.3. The highest BCUT2D eigenvalue weighted by Crippen LogP contribution is 2.20. The Kier molecular flexibility index (Phi) is 3.89. The molecular weight excluding hydrogens is 316 g/mol. The van der Waals surface area contributed by atoms with Crippen LogP contribution in [0, 0.1) is 13.8 Å². The quantitative estimate of drug-likeness (QED) is 0.606. The molecule has 0 unspecified atom stereocenters. The van der Waals surface area contributed by atoms with Gasteiger partial charge in [0.2, 0.25) is 0 Å². The molecule has 0 aliphatic heterocycles. The molecule has 0 saturated carbocycles. The number of hydrogen-bond donors (Lipinski definition) is 1. The molecule has 4 aromatic rings. The van der Waals surface area contributed by atoms with Crippen LogP contribution >= 0.6 is 0 Å². The summed E-state index contributed by atoms with van der Waals surface area (Å²) in [5.41, 5.74) is 4.29. The van der Waals surface area contributed by atoms with Crippen molar-refractivity contribution in [2.75, 3.05) is 0 Å². The van der Waals surface area contributed by atoms with Crippen LogP contribution in [0.2, 0.25) is 0 Å². The zero-order valence-corrected chi connectivity index (χ0v) is 14.1. The van der Waals surface area contributed by atoms with E-state index < -0.39 is 0 Å². The minimum atomic E-state index is 0.566. The molecular formula is C18H18N6O. The van der Waals surface area contributed by atoms with Gasteiger partial charge in [-0.25, -0.2) is 15.0 Å². The van der Waals surface area contributed by atoms with Crippen molar-refractivity contribution in [3.63, 3.8) is 0 Å². The van der Waals surface area contributed by atoms with Gasteiger partial charge < -0.3 is 8.98 Å². The molecule has 0 aliphatic carbocycles. The predicted octanol–water partition coefficient (Wildman–Crippen LogP) is 3.18. The van der Waals surface area contributed by atoms with Gasteiger partial charge in [0, 0.05) is 37.0 Å². The molecule has 0 fully saturated rings. The van der Waals surface area contributed by atoms with Crippen LogP contribution in [0.5, 0.6) is 0 Å². The first-order chi connectivity index (χ1) is 12.2. The van der Waals surface area contributed by atoms with Crippen LogP contribution in [0.15, 0.2) is 47.6 Å². The molecule has 25 heavy (non-hydrogen) atoms. The van der Waals surface area contributed by atoms with Gasteiger partial charge in [-0.05, 0) is 38.0 Å². The Morgan fingerprint density at radius 2 is 2.00 bits per heavy atom. The number of aryl methyl sites for hydroxylation is 3. The Bertz CT molecular complexity index is 946. The van der Waals surface area contributed by atoms with Gasteiger partial charge in [-0.1, -0.05) is 0 Å². The van der Waals surface area contributed by atoms with E-state index in [0.29, 0.717) is 11.6 Å². The third-order valence-electron chi connectivity index (χ3n) is 4.25. The van der Waals surface area contributed by atoms with Crippen LogP contribution in [-0.4, -0.2) is 29.7 Å². The summed E-state index contributed by atoms with van der Waals surface area (Å²) in [6.07, 6.45) is 9.82. The standard InChI is InChI=1S/C18H18N6O/c1-12-15(13(2)23-22-12)5-7-24-8-6-19-18(24)14-10-20-17(21-11-14)16-4-3-9-25-16/h3-4,6,8-11H,5,7H2,1-2H3,(H,22,23). The van der Waals surface area contributed by atoms with Gasteiger partial charge in [0.25, 0.3) is 0 Å². The summed E-state index contributed by atoms with van der Waals surface area (Å²) >= 11 is 0. The summed E-state index contributed by atoms with van der Waals surface area (Å²) in [6, 6.07) is 3.66. The van der Waals surface area contributed by atoms with Crippen LogP contribution < -0.4 is 0 Å². The van der Waals surface area contributed by atoms with Gasteiger partial charge in [-0.3, -0.25) is 5.10 Å². The second kappa shape index (κ2) is 6.35. The lowest BCUT2D eigenvalue weighted by molar-refractivity contribution is 0.577. The fourth-order valence-corrected chi connectivity index (χ4v) is 2.90. The fourth-order valence-electron chi connectivity index (χ4n) is 2.90. The lowest BCUT2D eigenvalue weighted by Crippen LogP contribution is -2.04. The maximum atomic E-state index is 5.32. The number of nitrogens with one attached hydrogen (secondary N) is 1. The van der Waals surface area contributed by atoms with Gasteiger partial charge in [0.05, 0.1) is 17.5 Å². The zero-order chi connectivity index (χ0) is 17.2. The van der Waals surface area contributed by atoms with Crippen LogP contribution in [0.3, 0.4) is 0 Å². The van der Waals surface area contributed by atoms with E-state index in [1.165, 1.54) is 5.56 Å². The van der Waals surface area contributed by atoms with Gasteiger partial charge >= 0.3 is 0 Å². The summed E-state index contributed by atoms with van der Waals surface area (Å²) in [7, 11) is 0. The number of nitrogens with zero attached hydrogens (tertiary/aromatic N) is 5. The number of imidazole rings is 1. The molecule has 0 spiro atoms. The molecule has 4 aromatic heterocycles. The molecule has 0 aliphatic rings. The van der Waals surface area contributed by atoms with Gasteiger partial charge in [0.1, 0.15) is 5.82 Å². The minimum absolute atomic E-state index is 0.566.